The molecule has 2 aromatic carbocycles. The van der Waals surface area contributed by atoms with Gasteiger partial charge in [0.1, 0.15) is 5.01 Å². The van der Waals surface area contributed by atoms with Crippen molar-refractivity contribution >= 4 is 28.8 Å². The average molecular weight is 329 g/mol. The minimum atomic E-state index is -0.154. The molecule has 0 saturated heterocycles. The Kier molecular flexibility index (Phi) is 4.51. The number of hydrogen-bond donors (Lipinski definition) is 1. The SMILES string of the molecule is O=C(NCc1nc(-c2ccccc2)cs1)c1cccc(Cl)c1. The first-order chi connectivity index (χ1) is 10.7. The Balaban J connectivity index is 1.65. The topological polar surface area (TPSA) is 42.0 Å². The number of carbonyl (C=O) groups excluding carboxylic acids is 1. The smallest absolute Gasteiger partial charge is 0.251 e. The highest BCUT2D eigenvalue weighted by molar-refractivity contribution is 7.09. The number of nitrogens with zero attached hydrogens (tertiary/aromatic N) is 1. The number of benzene rings is 2. The van der Waals surface area contributed by atoms with E-state index in [4.69, 9.17) is 11.6 Å². The van der Waals surface area contributed by atoms with Crippen LogP contribution in [0, 0.1) is 0 Å². The van der Waals surface area contributed by atoms with E-state index in [-0.39, 0.29) is 5.91 Å². The molecule has 0 fully saturated rings. The molecule has 22 heavy (non-hydrogen) atoms. The molecular weight excluding hydrogens is 316 g/mol. The summed E-state index contributed by atoms with van der Waals surface area (Å²) in [5.74, 6) is -0.154. The Labute approximate surface area is 137 Å². The van der Waals surface area contributed by atoms with Crippen LogP contribution in [0.1, 0.15) is 15.4 Å². The zero-order valence-electron chi connectivity index (χ0n) is 11.6. The molecule has 0 aliphatic carbocycles. The molecule has 0 bridgehead atoms. The molecule has 1 N–H and O–H groups in total. The molecule has 1 amide bonds. The first-order valence-electron chi connectivity index (χ1n) is 6.76. The number of thiazole rings is 1. The van der Waals surface area contributed by atoms with E-state index >= 15 is 0 Å². The van der Waals surface area contributed by atoms with Gasteiger partial charge in [0.25, 0.3) is 5.91 Å². The predicted molar refractivity (Wildman–Crippen MR) is 90.2 cm³/mol. The molecule has 110 valence electrons. The van der Waals surface area contributed by atoms with Crippen molar-refractivity contribution in [3.63, 3.8) is 0 Å². The Morgan fingerprint density at radius 3 is 2.73 bits per heavy atom. The van der Waals surface area contributed by atoms with Gasteiger partial charge in [0.05, 0.1) is 12.2 Å². The maximum Gasteiger partial charge on any atom is 0.251 e. The number of halogens is 1. The minimum Gasteiger partial charge on any atom is -0.346 e. The highest BCUT2D eigenvalue weighted by atomic mass is 35.5. The molecule has 5 heteroatoms. The van der Waals surface area contributed by atoms with Crippen molar-refractivity contribution in [1.29, 1.82) is 0 Å². The number of carbonyl (C=O) groups is 1. The van der Waals surface area contributed by atoms with Gasteiger partial charge >= 0.3 is 0 Å². The third-order valence-electron chi connectivity index (χ3n) is 3.11. The average Bonchev–Trinajstić information content (AvgIpc) is 3.02. The summed E-state index contributed by atoms with van der Waals surface area (Å²) in [6.45, 7) is 0.406. The standard InChI is InChI=1S/C17H13ClN2OS/c18-14-8-4-7-13(9-14)17(21)19-10-16-20-15(11-22-16)12-5-2-1-3-6-12/h1-9,11H,10H2,(H,19,21). The molecule has 0 unspecified atom stereocenters. The van der Waals surface area contributed by atoms with Crippen molar-refractivity contribution in [3.8, 4) is 11.3 Å². The molecule has 0 aliphatic heterocycles. The van der Waals surface area contributed by atoms with Crippen molar-refractivity contribution in [2.24, 2.45) is 0 Å². The summed E-state index contributed by atoms with van der Waals surface area (Å²) in [7, 11) is 0. The number of amides is 1. The maximum atomic E-state index is 12.1. The van der Waals surface area contributed by atoms with Gasteiger partial charge in [-0.15, -0.1) is 11.3 Å². The minimum absolute atomic E-state index is 0.154. The fourth-order valence-electron chi connectivity index (χ4n) is 2.02. The van der Waals surface area contributed by atoms with Crippen molar-refractivity contribution in [2.45, 2.75) is 6.54 Å². The molecule has 0 radical (unpaired) electrons. The van der Waals surface area contributed by atoms with E-state index in [0.29, 0.717) is 17.1 Å². The zero-order chi connectivity index (χ0) is 15.4. The lowest BCUT2D eigenvalue weighted by atomic mass is 10.2. The molecule has 1 aromatic heterocycles. The fraction of sp³-hybridized carbons (Fsp3) is 0.0588. The lowest BCUT2D eigenvalue weighted by molar-refractivity contribution is 0.0951. The van der Waals surface area contributed by atoms with Gasteiger partial charge in [-0.2, -0.15) is 0 Å². The van der Waals surface area contributed by atoms with E-state index in [1.165, 1.54) is 11.3 Å². The van der Waals surface area contributed by atoms with E-state index in [1.54, 1.807) is 24.3 Å². The van der Waals surface area contributed by atoms with Crippen molar-refractivity contribution in [1.82, 2.24) is 10.3 Å². The van der Waals surface area contributed by atoms with Crippen LogP contribution >= 0.6 is 22.9 Å². The van der Waals surface area contributed by atoms with Crippen molar-refractivity contribution in [2.75, 3.05) is 0 Å². The summed E-state index contributed by atoms with van der Waals surface area (Å²) in [5.41, 5.74) is 2.55. The van der Waals surface area contributed by atoms with Crippen LogP contribution < -0.4 is 5.32 Å². The van der Waals surface area contributed by atoms with Gasteiger partial charge in [0, 0.05) is 21.5 Å². The van der Waals surface area contributed by atoms with E-state index < -0.39 is 0 Å². The summed E-state index contributed by atoms with van der Waals surface area (Å²) in [4.78, 5) is 16.6. The van der Waals surface area contributed by atoms with Gasteiger partial charge in [-0.3, -0.25) is 4.79 Å². The molecular formula is C17H13ClN2OS. The quantitative estimate of drug-likeness (QED) is 0.771. The lowest BCUT2D eigenvalue weighted by Gasteiger charge is -2.03. The Bertz CT molecular complexity index is 786. The second-order valence-electron chi connectivity index (χ2n) is 4.69. The normalized spacial score (nSPS) is 10.4. The van der Waals surface area contributed by atoms with Gasteiger partial charge in [-0.1, -0.05) is 48.0 Å². The second-order valence-corrected chi connectivity index (χ2v) is 6.06. The number of hydrogen-bond acceptors (Lipinski definition) is 3. The molecule has 0 spiro atoms. The van der Waals surface area contributed by atoms with Gasteiger partial charge in [0.2, 0.25) is 0 Å². The lowest BCUT2D eigenvalue weighted by Crippen LogP contribution is -2.22. The van der Waals surface area contributed by atoms with Gasteiger partial charge in [0.15, 0.2) is 0 Å². The molecule has 0 atom stereocenters. The van der Waals surface area contributed by atoms with E-state index in [0.717, 1.165) is 16.3 Å². The molecule has 0 aliphatic rings. The van der Waals surface area contributed by atoms with Gasteiger partial charge < -0.3 is 5.32 Å². The van der Waals surface area contributed by atoms with E-state index in [9.17, 15) is 4.79 Å². The van der Waals surface area contributed by atoms with E-state index in [1.807, 2.05) is 35.7 Å². The Morgan fingerprint density at radius 2 is 1.95 bits per heavy atom. The highest BCUT2D eigenvalue weighted by Crippen LogP contribution is 2.21. The number of aromatic nitrogens is 1. The molecule has 3 nitrogen and oxygen atoms in total. The van der Waals surface area contributed by atoms with Crippen LogP contribution in [0.5, 0.6) is 0 Å². The number of rotatable bonds is 4. The fourth-order valence-corrected chi connectivity index (χ4v) is 2.95. The van der Waals surface area contributed by atoms with Crippen molar-refractivity contribution in [3.05, 3.63) is 75.6 Å². The van der Waals surface area contributed by atoms with Crippen LogP contribution in [0.3, 0.4) is 0 Å². The summed E-state index contributed by atoms with van der Waals surface area (Å²) in [5, 5.41) is 6.27. The van der Waals surface area contributed by atoms with Crippen LogP contribution in [-0.4, -0.2) is 10.9 Å². The Hall–Kier alpha value is -2.17. The zero-order valence-corrected chi connectivity index (χ0v) is 13.2. The predicted octanol–water partition coefficient (Wildman–Crippen LogP) is 4.39. The summed E-state index contributed by atoms with van der Waals surface area (Å²) in [6.07, 6.45) is 0. The van der Waals surface area contributed by atoms with Crippen molar-refractivity contribution < 1.29 is 4.79 Å². The van der Waals surface area contributed by atoms with Gasteiger partial charge in [-0.05, 0) is 18.2 Å². The monoisotopic (exact) mass is 328 g/mol. The van der Waals surface area contributed by atoms with Crippen LogP contribution in [0.2, 0.25) is 5.02 Å². The van der Waals surface area contributed by atoms with Gasteiger partial charge in [-0.25, -0.2) is 4.98 Å². The summed E-state index contributed by atoms with van der Waals surface area (Å²) in [6, 6.07) is 16.9. The molecule has 0 saturated carbocycles. The Morgan fingerprint density at radius 1 is 1.14 bits per heavy atom. The largest absolute Gasteiger partial charge is 0.346 e. The summed E-state index contributed by atoms with van der Waals surface area (Å²) >= 11 is 7.42. The molecule has 3 rings (SSSR count). The first kappa shape index (κ1) is 14.8. The number of nitrogens with one attached hydrogen (secondary N) is 1. The van der Waals surface area contributed by atoms with Crippen LogP contribution in [-0.2, 0) is 6.54 Å². The second kappa shape index (κ2) is 6.73. The highest BCUT2D eigenvalue weighted by Gasteiger charge is 2.08. The molecule has 1 heterocycles. The first-order valence-corrected chi connectivity index (χ1v) is 8.02. The molecule has 3 aromatic rings. The van der Waals surface area contributed by atoms with Crippen LogP contribution in [0.4, 0.5) is 0 Å². The van der Waals surface area contributed by atoms with E-state index in [2.05, 4.69) is 10.3 Å². The third-order valence-corrected chi connectivity index (χ3v) is 4.19. The summed E-state index contributed by atoms with van der Waals surface area (Å²) < 4.78 is 0. The maximum absolute atomic E-state index is 12.1. The van der Waals surface area contributed by atoms with Crippen LogP contribution in [0.25, 0.3) is 11.3 Å². The third kappa shape index (κ3) is 3.53. The van der Waals surface area contributed by atoms with Crippen LogP contribution in [0.15, 0.2) is 60.0 Å².